The van der Waals surface area contributed by atoms with Gasteiger partial charge in [0.05, 0.1) is 4.90 Å². The minimum Gasteiger partial charge on any atom is -0.207 e. The molecule has 21 heavy (non-hydrogen) atoms. The fraction of sp³-hybridized carbons (Fsp3) is 0.200. The lowest BCUT2D eigenvalue weighted by molar-refractivity contribution is 0.545. The second-order valence-electron chi connectivity index (χ2n) is 4.80. The first-order chi connectivity index (χ1) is 10.1. The molecule has 1 aliphatic rings. The normalized spacial score (nSPS) is 18.2. The summed E-state index contributed by atoms with van der Waals surface area (Å²) in [6, 6.07) is 12.4. The van der Waals surface area contributed by atoms with Crippen LogP contribution in [0, 0.1) is 5.82 Å². The van der Waals surface area contributed by atoms with Gasteiger partial charge in [-0.1, -0.05) is 18.2 Å². The second-order valence-corrected chi connectivity index (χ2v) is 7.65. The second kappa shape index (κ2) is 5.79. The molecule has 1 atom stereocenters. The average molecular weight is 323 g/mol. The van der Waals surface area contributed by atoms with E-state index in [1.807, 2.05) is 24.3 Å². The third-order valence-corrected chi connectivity index (χ3v) is 5.99. The Labute approximate surface area is 127 Å². The minimum atomic E-state index is -3.65. The van der Waals surface area contributed by atoms with Crippen LogP contribution in [0.4, 0.5) is 4.39 Å². The lowest BCUT2D eigenvalue weighted by Crippen LogP contribution is -2.30. The monoisotopic (exact) mass is 323 g/mol. The number of rotatable bonds is 3. The minimum absolute atomic E-state index is 0.0830. The molecule has 0 fully saturated rings. The van der Waals surface area contributed by atoms with Crippen molar-refractivity contribution >= 4 is 21.8 Å². The van der Waals surface area contributed by atoms with Gasteiger partial charge in [0.15, 0.2) is 0 Å². The molecule has 0 saturated heterocycles. The molecule has 1 aliphatic heterocycles. The summed E-state index contributed by atoms with van der Waals surface area (Å²) in [6.07, 6.45) is 0.738. The molecule has 2 aromatic carbocycles. The Kier molecular flexibility index (Phi) is 4.01. The van der Waals surface area contributed by atoms with Crippen LogP contribution in [0.3, 0.4) is 0 Å². The van der Waals surface area contributed by atoms with Crippen molar-refractivity contribution in [3.63, 3.8) is 0 Å². The Morgan fingerprint density at radius 2 is 1.81 bits per heavy atom. The van der Waals surface area contributed by atoms with Gasteiger partial charge >= 0.3 is 0 Å². The topological polar surface area (TPSA) is 46.2 Å². The summed E-state index contributed by atoms with van der Waals surface area (Å²) in [4.78, 5) is 1.19. The van der Waals surface area contributed by atoms with E-state index in [-0.39, 0.29) is 10.9 Å². The number of benzene rings is 2. The highest BCUT2D eigenvalue weighted by Crippen LogP contribution is 2.36. The van der Waals surface area contributed by atoms with Gasteiger partial charge in [-0.3, -0.25) is 0 Å². The lowest BCUT2D eigenvalue weighted by Gasteiger charge is -2.25. The number of fused-ring (bicyclic) bond motifs is 1. The highest BCUT2D eigenvalue weighted by atomic mass is 32.2. The van der Waals surface area contributed by atoms with Crippen molar-refractivity contribution in [3.8, 4) is 0 Å². The van der Waals surface area contributed by atoms with Gasteiger partial charge in [0.25, 0.3) is 0 Å². The number of hydrogen-bond donors (Lipinski definition) is 1. The maximum Gasteiger partial charge on any atom is 0.241 e. The molecule has 6 heteroatoms. The van der Waals surface area contributed by atoms with Crippen LogP contribution in [-0.4, -0.2) is 14.2 Å². The number of thioether (sulfide) groups is 1. The SMILES string of the molecule is O=S(=O)(N[C@@H]1CCSc2ccccc21)c1ccc(F)cc1. The largest absolute Gasteiger partial charge is 0.241 e. The van der Waals surface area contributed by atoms with Gasteiger partial charge < -0.3 is 0 Å². The van der Waals surface area contributed by atoms with Gasteiger partial charge in [0, 0.05) is 10.9 Å². The van der Waals surface area contributed by atoms with Crippen molar-refractivity contribution in [2.75, 3.05) is 5.75 Å². The fourth-order valence-corrected chi connectivity index (χ4v) is 4.71. The van der Waals surface area contributed by atoms with Crippen LogP contribution >= 0.6 is 11.8 Å². The van der Waals surface area contributed by atoms with E-state index in [4.69, 9.17) is 0 Å². The first kappa shape index (κ1) is 14.6. The van der Waals surface area contributed by atoms with Crippen LogP contribution in [0.25, 0.3) is 0 Å². The molecule has 3 nitrogen and oxygen atoms in total. The van der Waals surface area contributed by atoms with Crippen LogP contribution in [0.2, 0.25) is 0 Å². The molecule has 3 rings (SSSR count). The van der Waals surface area contributed by atoms with Crippen LogP contribution in [0.15, 0.2) is 58.3 Å². The zero-order chi connectivity index (χ0) is 14.9. The van der Waals surface area contributed by atoms with Crippen molar-refractivity contribution < 1.29 is 12.8 Å². The zero-order valence-corrected chi connectivity index (χ0v) is 12.8. The van der Waals surface area contributed by atoms with Crippen molar-refractivity contribution in [2.45, 2.75) is 22.3 Å². The van der Waals surface area contributed by atoms with Gasteiger partial charge in [-0.15, -0.1) is 11.8 Å². The number of nitrogens with one attached hydrogen (secondary N) is 1. The molecule has 0 aromatic heterocycles. The van der Waals surface area contributed by atoms with Crippen molar-refractivity contribution in [1.29, 1.82) is 0 Å². The van der Waals surface area contributed by atoms with Gasteiger partial charge in [-0.25, -0.2) is 17.5 Å². The Bertz CT molecular complexity index is 745. The molecule has 2 aromatic rings. The standard InChI is InChI=1S/C15H14FNO2S2/c16-11-5-7-12(8-6-11)21(18,19)17-14-9-10-20-15-4-2-1-3-13(14)15/h1-8,14,17H,9-10H2/t14-/m1/s1. The Balaban J connectivity index is 1.88. The first-order valence-corrected chi connectivity index (χ1v) is 9.03. The number of halogens is 1. The van der Waals surface area contributed by atoms with E-state index in [9.17, 15) is 12.8 Å². The summed E-state index contributed by atoms with van der Waals surface area (Å²) in [5.41, 5.74) is 0.999. The van der Waals surface area contributed by atoms with E-state index < -0.39 is 15.8 Å². The summed E-state index contributed by atoms with van der Waals surface area (Å²) in [7, 11) is -3.65. The Morgan fingerprint density at radius 3 is 2.57 bits per heavy atom. The summed E-state index contributed by atoms with van der Waals surface area (Å²) in [6.45, 7) is 0. The van der Waals surface area contributed by atoms with E-state index in [1.165, 1.54) is 12.1 Å². The summed E-state index contributed by atoms with van der Waals surface area (Å²) in [5, 5.41) is 0. The highest BCUT2D eigenvalue weighted by molar-refractivity contribution is 7.99. The molecule has 0 aliphatic carbocycles. The van der Waals surface area contributed by atoms with Gasteiger partial charge in [-0.2, -0.15) is 0 Å². The molecule has 0 spiro atoms. The van der Waals surface area contributed by atoms with E-state index in [0.717, 1.165) is 34.8 Å². The molecule has 0 saturated carbocycles. The van der Waals surface area contributed by atoms with Crippen LogP contribution < -0.4 is 4.72 Å². The first-order valence-electron chi connectivity index (χ1n) is 6.56. The van der Waals surface area contributed by atoms with Crippen LogP contribution in [0.5, 0.6) is 0 Å². The average Bonchev–Trinajstić information content (AvgIpc) is 2.48. The molecule has 1 heterocycles. The van der Waals surface area contributed by atoms with Gasteiger partial charge in [0.2, 0.25) is 10.0 Å². The third-order valence-electron chi connectivity index (χ3n) is 3.38. The summed E-state index contributed by atoms with van der Waals surface area (Å²) < 4.78 is 40.4. The van der Waals surface area contributed by atoms with Crippen molar-refractivity contribution in [2.24, 2.45) is 0 Å². The predicted molar refractivity (Wildman–Crippen MR) is 81.2 cm³/mol. The Morgan fingerprint density at radius 1 is 1.10 bits per heavy atom. The zero-order valence-electron chi connectivity index (χ0n) is 11.1. The maximum atomic E-state index is 12.9. The lowest BCUT2D eigenvalue weighted by atomic mass is 10.1. The molecule has 0 amide bonds. The van der Waals surface area contributed by atoms with Crippen LogP contribution in [0.1, 0.15) is 18.0 Å². The number of sulfonamides is 1. The Hall–Kier alpha value is -1.37. The summed E-state index contributed by atoms with van der Waals surface area (Å²) in [5.74, 6) is 0.418. The number of hydrogen-bond acceptors (Lipinski definition) is 3. The van der Waals surface area contributed by atoms with Gasteiger partial charge in [0.1, 0.15) is 5.82 Å². The van der Waals surface area contributed by atoms with E-state index in [2.05, 4.69) is 4.72 Å². The maximum absolute atomic E-state index is 12.9. The molecule has 0 unspecified atom stereocenters. The van der Waals surface area contributed by atoms with E-state index >= 15 is 0 Å². The van der Waals surface area contributed by atoms with Crippen LogP contribution in [-0.2, 0) is 10.0 Å². The summed E-state index contributed by atoms with van der Waals surface area (Å²) >= 11 is 1.73. The molecule has 110 valence electrons. The van der Waals surface area contributed by atoms with E-state index in [1.54, 1.807) is 11.8 Å². The molecular formula is C15H14FNO2S2. The third kappa shape index (κ3) is 3.12. The predicted octanol–water partition coefficient (Wildman–Crippen LogP) is 3.34. The molecular weight excluding hydrogens is 309 g/mol. The fourth-order valence-electron chi connectivity index (χ4n) is 2.33. The molecule has 1 N–H and O–H groups in total. The highest BCUT2D eigenvalue weighted by Gasteiger charge is 2.25. The van der Waals surface area contributed by atoms with Crippen molar-refractivity contribution in [3.05, 3.63) is 59.9 Å². The smallest absolute Gasteiger partial charge is 0.207 e. The molecule has 0 radical (unpaired) electrons. The quantitative estimate of drug-likeness (QED) is 0.942. The van der Waals surface area contributed by atoms with Gasteiger partial charge in [-0.05, 0) is 48.1 Å². The van der Waals surface area contributed by atoms with Crippen molar-refractivity contribution in [1.82, 2.24) is 4.72 Å². The van der Waals surface area contributed by atoms with E-state index in [0.29, 0.717) is 0 Å². The molecule has 0 bridgehead atoms.